The van der Waals surface area contributed by atoms with Gasteiger partial charge in [-0.1, -0.05) is 27.2 Å². The van der Waals surface area contributed by atoms with Crippen LogP contribution in [0.2, 0.25) is 0 Å². The van der Waals surface area contributed by atoms with Gasteiger partial charge >= 0.3 is 0 Å². The van der Waals surface area contributed by atoms with Gasteiger partial charge in [0.05, 0.1) is 31.5 Å². The molecule has 0 aromatic rings. The largest absolute Gasteiger partial charge is 0.394 e. The van der Waals surface area contributed by atoms with Gasteiger partial charge in [0, 0.05) is 32.6 Å². The van der Waals surface area contributed by atoms with Crippen molar-refractivity contribution in [1.29, 1.82) is 0 Å². The quantitative estimate of drug-likeness (QED) is 0.360. The molecular weight excluding hydrogens is 394 g/mol. The first-order chi connectivity index (χ1) is 14.4. The zero-order valence-corrected chi connectivity index (χ0v) is 18.8. The zero-order valence-electron chi connectivity index (χ0n) is 18.8. The monoisotopic (exact) mass is 435 g/mol. The highest BCUT2D eigenvalue weighted by atomic mass is 16.7. The Morgan fingerprint density at radius 2 is 1.80 bits per heavy atom. The van der Waals surface area contributed by atoms with Gasteiger partial charge in [0.1, 0.15) is 12.2 Å². The van der Waals surface area contributed by atoms with Crippen molar-refractivity contribution in [2.24, 2.45) is 5.92 Å². The predicted molar refractivity (Wildman–Crippen MR) is 111 cm³/mol. The van der Waals surface area contributed by atoms with Crippen molar-refractivity contribution in [1.82, 2.24) is 4.90 Å². The fourth-order valence-corrected chi connectivity index (χ4v) is 3.83. The summed E-state index contributed by atoms with van der Waals surface area (Å²) >= 11 is 0. The van der Waals surface area contributed by atoms with E-state index in [1.165, 1.54) is 0 Å². The van der Waals surface area contributed by atoms with E-state index in [4.69, 9.17) is 14.2 Å². The summed E-state index contributed by atoms with van der Waals surface area (Å²) in [4.78, 5) is 14.1. The lowest BCUT2D eigenvalue weighted by Gasteiger charge is -2.40. The second-order valence-corrected chi connectivity index (χ2v) is 7.72. The van der Waals surface area contributed by atoms with Gasteiger partial charge in [-0.25, -0.2) is 0 Å². The van der Waals surface area contributed by atoms with E-state index < -0.39 is 30.5 Å². The van der Waals surface area contributed by atoms with Crippen LogP contribution in [0, 0.1) is 5.92 Å². The average Bonchev–Trinajstić information content (AvgIpc) is 3.21. The number of aliphatic hydroxyl groups excluding tert-OH is 4. The third-order valence-electron chi connectivity index (χ3n) is 5.75. The zero-order chi connectivity index (χ0) is 22.7. The molecule has 0 aromatic heterocycles. The molecule has 7 atom stereocenters. The topological polar surface area (TPSA) is 129 Å². The van der Waals surface area contributed by atoms with E-state index in [0.717, 1.165) is 19.3 Å². The highest BCUT2D eigenvalue weighted by molar-refractivity contribution is 5.76. The van der Waals surface area contributed by atoms with Gasteiger partial charge in [-0.2, -0.15) is 0 Å². The van der Waals surface area contributed by atoms with Crippen molar-refractivity contribution in [3.63, 3.8) is 0 Å². The molecule has 9 heteroatoms. The average molecular weight is 436 g/mol. The number of likely N-dealkylation sites (tertiary alicyclic amines) is 1. The van der Waals surface area contributed by atoms with Crippen molar-refractivity contribution in [2.45, 2.75) is 89.6 Å². The molecule has 0 saturated carbocycles. The summed E-state index contributed by atoms with van der Waals surface area (Å²) in [6, 6.07) is -0.160. The van der Waals surface area contributed by atoms with Crippen molar-refractivity contribution in [3.05, 3.63) is 0 Å². The van der Waals surface area contributed by atoms with Crippen LogP contribution in [-0.4, -0.2) is 101 Å². The van der Waals surface area contributed by atoms with Gasteiger partial charge in [-0.3, -0.25) is 4.79 Å². The lowest BCUT2D eigenvalue weighted by atomic mass is 9.92. The second-order valence-electron chi connectivity index (χ2n) is 7.72. The predicted octanol–water partition coefficient (Wildman–Crippen LogP) is 0.273. The minimum Gasteiger partial charge on any atom is -0.394 e. The summed E-state index contributed by atoms with van der Waals surface area (Å²) in [6.45, 7) is 6.22. The van der Waals surface area contributed by atoms with E-state index in [1.54, 1.807) is 18.9 Å². The first kappa shape index (κ1) is 27.2. The molecule has 0 bridgehead atoms. The number of amides is 1. The molecule has 0 aliphatic carbocycles. The van der Waals surface area contributed by atoms with E-state index in [2.05, 4.69) is 0 Å². The van der Waals surface area contributed by atoms with E-state index >= 15 is 0 Å². The van der Waals surface area contributed by atoms with E-state index in [9.17, 15) is 25.2 Å². The van der Waals surface area contributed by atoms with Crippen LogP contribution in [0.1, 0.15) is 52.9 Å². The van der Waals surface area contributed by atoms with Crippen LogP contribution in [-0.2, 0) is 19.0 Å². The molecule has 0 radical (unpaired) electrons. The van der Waals surface area contributed by atoms with E-state index in [-0.39, 0.29) is 31.3 Å². The normalized spacial score (nSPS) is 33.9. The van der Waals surface area contributed by atoms with Gasteiger partial charge in [-0.15, -0.1) is 0 Å². The number of hydrogen-bond donors (Lipinski definition) is 4. The Morgan fingerprint density at radius 3 is 2.40 bits per heavy atom. The third-order valence-corrected chi connectivity index (χ3v) is 5.75. The molecule has 2 heterocycles. The van der Waals surface area contributed by atoms with Gasteiger partial charge in [-0.05, 0) is 19.3 Å². The fourth-order valence-electron chi connectivity index (χ4n) is 3.83. The van der Waals surface area contributed by atoms with Crippen LogP contribution in [0.15, 0.2) is 0 Å². The molecule has 2 aliphatic heterocycles. The number of aliphatic hydroxyl groups is 4. The molecule has 178 valence electrons. The second kappa shape index (κ2) is 14.3. The first-order valence-electron chi connectivity index (χ1n) is 11.1. The molecule has 2 fully saturated rings. The van der Waals surface area contributed by atoms with E-state index in [1.807, 2.05) is 13.8 Å². The van der Waals surface area contributed by atoms with Gasteiger partial charge in [0.2, 0.25) is 5.91 Å². The summed E-state index contributed by atoms with van der Waals surface area (Å²) in [5.41, 5.74) is 0. The maximum Gasteiger partial charge on any atom is 0.222 e. The Balaban J connectivity index is 0.00000218. The molecule has 1 amide bonds. The lowest BCUT2D eigenvalue weighted by molar-refractivity contribution is -0.282. The Morgan fingerprint density at radius 1 is 1.10 bits per heavy atom. The molecular formula is C21H41NO8. The minimum absolute atomic E-state index is 0.0106. The van der Waals surface area contributed by atoms with Gasteiger partial charge in [0.25, 0.3) is 0 Å². The number of hydrogen-bond acceptors (Lipinski definition) is 8. The molecule has 2 rings (SSSR count). The fraction of sp³-hybridized carbons (Fsp3) is 0.952. The van der Waals surface area contributed by atoms with E-state index in [0.29, 0.717) is 26.0 Å². The van der Waals surface area contributed by atoms with Crippen molar-refractivity contribution in [3.8, 4) is 0 Å². The van der Waals surface area contributed by atoms with Crippen LogP contribution in [0.5, 0.6) is 0 Å². The number of rotatable bonds is 10. The van der Waals surface area contributed by atoms with Crippen LogP contribution in [0.4, 0.5) is 0 Å². The summed E-state index contributed by atoms with van der Waals surface area (Å²) in [6.07, 6.45) is -0.356. The number of unbranched alkanes of at least 4 members (excludes halogenated alkanes) is 2. The summed E-state index contributed by atoms with van der Waals surface area (Å²) in [5.74, 6) is -0.370. The molecule has 2 unspecified atom stereocenters. The Hall–Kier alpha value is -0.810. The Labute approximate surface area is 179 Å². The van der Waals surface area contributed by atoms with Crippen LogP contribution in [0.25, 0.3) is 0 Å². The molecule has 0 aromatic carbocycles. The smallest absolute Gasteiger partial charge is 0.222 e. The van der Waals surface area contributed by atoms with Crippen LogP contribution in [0.3, 0.4) is 0 Å². The molecule has 2 aliphatic rings. The minimum atomic E-state index is -1.13. The third kappa shape index (κ3) is 7.40. The maximum absolute atomic E-state index is 12.4. The Bertz CT molecular complexity index is 478. The van der Waals surface area contributed by atoms with Crippen molar-refractivity contribution >= 4 is 5.91 Å². The summed E-state index contributed by atoms with van der Waals surface area (Å²) in [7, 11) is 1.62. The highest BCUT2D eigenvalue weighted by Gasteiger charge is 2.42. The van der Waals surface area contributed by atoms with Crippen molar-refractivity contribution in [2.75, 3.05) is 33.5 Å². The number of ether oxygens (including phenoxy) is 3. The van der Waals surface area contributed by atoms with Crippen molar-refractivity contribution < 1.29 is 39.4 Å². The number of carbonyl (C=O) groups is 1. The number of carbonyl (C=O) groups excluding carboxylic acids is 1. The molecule has 30 heavy (non-hydrogen) atoms. The summed E-state index contributed by atoms with van der Waals surface area (Å²) in [5, 5.41) is 38.5. The SMILES string of the molecule is CC.CO[C@@H]1C[C@@H](CO)N(C(=O)CCCCCOC2OC(CO)[C@H](O)[C@H](O)[C@@H]2C)C1. The first-order valence-corrected chi connectivity index (χ1v) is 11.1. The van der Waals surface area contributed by atoms with Crippen LogP contribution < -0.4 is 0 Å². The Kier molecular flexibility index (Phi) is 13.0. The lowest BCUT2D eigenvalue weighted by Crippen LogP contribution is -2.55. The molecule has 4 N–H and O–H groups in total. The number of nitrogens with zero attached hydrogens (tertiary/aromatic N) is 1. The highest BCUT2D eigenvalue weighted by Crippen LogP contribution is 2.27. The van der Waals surface area contributed by atoms with Gasteiger partial charge in [0.15, 0.2) is 6.29 Å². The maximum atomic E-state index is 12.4. The van der Waals surface area contributed by atoms with Crippen LogP contribution >= 0.6 is 0 Å². The summed E-state index contributed by atoms with van der Waals surface area (Å²) < 4.78 is 16.5. The standard InChI is InChI=1S/C19H35NO8.C2H6/c1-12-17(24)18(25)15(11-22)28-19(12)27-7-5-3-4-6-16(23)20-9-14(26-2)8-13(20)10-21;1-2/h12-15,17-19,21-22,24-25H,3-11H2,1-2H3;1-2H3/t12-,13-,14+,15?,17+,18-,19?;/m0./s1. The number of methoxy groups -OCH3 is 1. The van der Waals surface area contributed by atoms with Gasteiger partial charge < -0.3 is 39.5 Å². The molecule has 2 saturated heterocycles. The molecule has 9 nitrogen and oxygen atoms in total. The molecule has 0 spiro atoms.